The Morgan fingerprint density at radius 2 is 2.05 bits per heavy atom. The predicted molar refractivity (Wildman–Crippen MR) is 69.0 cm³/mol. The third-order valence-corrected chi connectivity index (χ3v) is 2.63. The van der Waals surface area contributed by atoms with Gasteiger partial charge in [0.05, 0.1) is 0 Å². The zero-order valence-corrected chi connectivity index (χ0v) is 10.6. The molecular weight excluding hydrogens is 264 g/mol. The molecule has 3 aromatic heterocycles. The summed E-state index contributed by atoms with van der Waals surface area (Å²) in [6.07, 6.45) is 9.06. The van der Waals surface area contributed by atoms with Crippen LogP contribution in [0.1, 0.15) is 11.4 Å². The van der Waals surface area contributed by atoms with Crippen LogP contribution in [0.5, 0.6) is 0 Å². The van der Waals surface area contributed by atoms with E-state index in [0.717, 1.165) is 5.56 Å². The molecule has 0 aliphatic heterocycles. The van der Waals surface area contributed by atoms with E-state index < -0.39 is 0 Å². The van der Waals surface area contributed by atoms with Crippen molar-refractivity contribution in [2.75, 3.05) is 0 Å². The van der Waals surface area contributed by atoms with Crippen LogP contribution in [0.2, 0.25) is 5.28 Å². The van der Waals surface area contributed by atoms with Crippen molar-refractivity contribution in [3.8, 4) is 5.95 Å². The molecule has 3 rings (SSSR count). The minimum Gasteiger partial charge on any atom is -0.274 e. The smallest absolute Gasteiger partial charge is 0.239 e. The van der Waals surface area contributed by atoms with Crippen LogP contribution < -0.4 is 0 Å². The van der Waals surface area contributed by atoms with Crippen LogP contribution in [0.4, 0.5) is 0 Å². The van der Waals surface area contributed by atoms with Crippen molar-refractivity contribution in [2.24, 2.45) is 0 Å². The number of halogens is 1. The molecule has 0 aromatic carbocycles. The fraction of sp³-hybridized carbons (Fsp3) is 0.0833. The fourth-order valence-corrected chi connectivity index (χ4v) is 1.81. The molecule has 0 aliphatic carbocycles. The lowest BCUT2D eigenvalue weighted by molar-refractivity contribution is 0.841. The van der Waals surface area contributed by atoms with Gasteiger partial charge in [0.25, 0.3) is 0 Å². The molecule has 0 aliphatic rings. The third-order valence-electron chi connectivity index (χ3n) is 2.46. The minimum atomic E-state index is 0.164. The zero-order valence-electron chi connectivity index (χ0n) is 9.81. The maximum atomic E-state index is 5.92. The Morgan fingerprint density at radius 1 is 1.11 bits per heavy atom. The molecule has 0 saturated heterocycles. The highest BCUT2D eigenvalue weighted by molar-refractivity contribution is 6.28. The molecule has 0 saturated carbocycles. The molecular formula is C12H9ClN6. The molecule has 6 nitrogen and oxygen atoms in total. The number of hydrogen-bond acceptors (Lipinski definition) is 5. The van der Waals surface area contributed by atoms with Gasteiger partial charge in [-0.1, -0.05) is 6.07 Å². The standard InChI is InChI=1S/C12H9ClN6/c13-11-16-10(6-9-2-1-3-14-7-9)17-12(18-11)19-5-4-15-8-19/h1-5,7-8H,6H2. The Hall–Kier alpha value is -2.34. The maximum Gasteiger partial charge on any atom is 0.239 e. The number of hydrogen-bond donors (Lipinski definition) is 0. The summed E-state index contributed by atoms with van der Waals surface area (Å²) in [6, 6.07) is 3.83. The summed E-state index contributed by atoms with van der Waals surface area (Å²) in [5.41, 5.74) is 1.02. The average Bonchev–Trinajstić information content (AvgIpc) is 2.93. The van der Waals surface area contributed by atoms with E-state index in [0.29, 0.717) is 18.2 Å². The summed E-state index contributed by atoms with van der Waals surface area (Å²) in [6.45, 7) is 0. The van der Waals surface area contributed by atoms with Crippen molar-refractivity contribution in [3.05, 3.63) is 59.9 Å². The van der Waals surface area contributed by atoms with Gasteiger partial charge in [0.2, 0.25) is 11.2 Å². The maximum absolute atomic E-state index is 5.92. The second kappa shape index (κ2) is 5.11. The molecule has 0 atom stereocenters. The first kappa shape index (κ1) is 11.7. The van der Waals surface area contributed by atoms with Crippen molar-refractivity contribution < 1.29 is 0 Å². The number of nitrogens with zero attached hydrogens (tertiary/aromatic N) is 6. The van der Waals surface area contributed by atoms with E-state index in [1.54, 1.807) is 35.7 Å². The second-order valence-electron chi connectivity index (χ2n) is 3.83. The van der Waals surface area contributed by atoms with Crippen molar-refractivity contribution in [3.63, 3.8) is 0 Å². The first-order chi connectivity index (χ1) is 9.31. The van der Waals surface area contributed by atoms with Crippen molar-refractivity contribution >= 4 is 11.6 Å². The fourth-order valence-electron chi connectivity index (χ4n) is 1.64. The molecule has 7 heteroatoms. The Morgan fingerprint density at radius 3 is 2.79 bits per heavy atom. The second-order valence-corrected chi connectivity index (χ2v) is 4.17. The molecule has 94 valence electrons. The van der Waals surface area contributed by atoms with Gasteiger partial charge < -0.3 is 0 Å². The Kier molecular flexibility index (Phi) is 3.16. The first-order valence-corrected chi connectivity index (χ1v) is 5.97. The molecule has 3 heterocycles. The summed E-state index contributed by atoms with van der Waals surface area (Å²) in [4.78, 5) is 20.6. The first-order valence-electron chi connectivity index (χ1n) is 5.59. The quantitative estimate of drug-likeness (QED) is 0.726. The third kappa shape index (κ3) is 2.74. The van der Waals surface area contributed by atoms with E-state index in [4.69, 9.17) is 11.6 Å². The monoisotopic (exact) mass is 272 g/mol. The number of pyridine rings is 1. The summed E-state index contributed by atoms with van der Waals surface area (Å²) in [5, 5.41) is 0.164. The van der Waals surface area contributed by atoms with E-state index in [2.05, 4.69) is 24.9 Å². The van der Waals surface area contributed by atoms with Gasteiger partial charge in [0.1, 0.15) is 12.2 Å². The number of aromatic nitrogens is 6. The predicted octanol–water partition coefficient (Wildman–Crippen LogP) is 1.70. The Labute approximate surface area is 114 Å². The van der Waals surface area contributed by atoms with Crippen LogP contribution in [0, 0.1) is 0 Å². The van der Waals surface area contributed by atoms with E-state index >= 15 is 0 Å². The van der Waals surface area contributed by atoms with Gasteiger partial charge in [-0.25, -0.2) is 9.97 Å². The lowest BCUT2D eigenvalue weighted by Crippen LogP contribution is -2.06. The van der Waals surface area contributed by atoms with Gasteiger partial charge in [-0.3, -0.25) is 9.55 Å². The van der Waals surface area contributed by atoms with Crippen LogP contribution in [0.15, 0.2) is 43.2 Å². The molecule has 0 unspecified atom stereocenters. The van der Waals surface area contributed by atoms with Crippen LogP contribution in [-0.2, 0) is 6.42 Å². The highest BCUT2D eigenvalue weighted by Gasteiger charge is 2.07. The van der Waals surface area contributed by atoms with Gasteiger partial charge in [-0.15, -0.1) is 0 Å². The van der Waals surface area contributed by atoms with E-state index in [9.17, 15) is 0 Å². The summed E-state index contributed by atoms with van der Waals surface area (Å²) < 4.78 is 1.68. The SMILES string of the molecule is Clc1nc(Cc2cccnc2)nc(-n2ccnc2)n1. The average molecular weight is 273 g/mol. The molecule has 0 radical (unpaired) electrons. The van der Waals surface area contributed by atoms with Crippen molar-refractivity contribution in [2.45, 2.75) is 6.42 Å². The summed E-state index contributed by atoms with van der Waals surface area (Å²) in [7, 11) is 0. The highest BCUT2D eigenvalue weighted by atomic mass is 35.5. The molecule has 0 spiro atoms. The Bertz CT molecular complexity index is 668. The van der Waals surface area contributed by atoms with Gasteiger partial charge in [0.15, 0.2) is 0 Å². The molecule has 0 bridgehead atoms. The summed E-state index contributed by atoms with van der Waals surface area (Å²) in [5.74, 6) is 1.05. The van der Waals surface area contributed by atoms with Gasteiger partial charge in [-0.2, -0.15) is 9.97 Å². The Balaban J connectivity index is 1.94. The van der Waals surface area contributed by atoms with E-state index in [-0.39, 0.29) is 5.28 Å². The van der Waals surface area contributed by atoms with Crippen LogP contribution in [-0.4, -0.2) is 29.5 Å². The van der Waals surface area contributed by atoms with Crippen molar-refractivity contribution in [1.82, 2.24) is 29.5 Å². The largest absolute Gasteiger partial charge is 0.274 e. The topological polar surface area (TPSA) is 69.4 Å². The van der Waals surface area contributed by atoms with Crippen LogP contribution in [0.3, 0.4) is 0 Å². The highest BCUT2D eigenvalue weighted by Crippen LogP contribution is 2.09. The molecule has 3 aromatic rings. The lowest BCUT2D eigenvalue weighted by Gasteiger charge is -2.04. The van der Waals surface area contributed by atoms with Crippen molar-refractivity contribution in [1.29, 1.82) is 0 Å². The van der Waals surface area contributed by atoms with Crippen LogP contribution >= 0.6 is 11.6 Å². The molecule has 0 N–H and O–H groups in total. The van der Waals surface area contributed by atoms with Crippen LogP contribution in [0.25, 0.3) is 5.95 Å². The molecule has 19 heavy (non-hydrogen) atoms. The molecule has 0 fully saturated rings. The number of imidazole rings is 1. The molecule has 0 amide bonds. The van der Waals surface area contributed by atoms with E-state index in [1.165, 1.54) is 0 Å². The van der Waals surface area contributed by atoms with Gasteiger partial charge in [0, 0.05) is 31.2 Å². The normalized spacial score (nSPS) is 10.6. The van der Waals surface area contributed by atoms with Gasteiger partial charge in [-0.05, 0) is 23.2 Å². The van der Waals surface area contributed by atoms with Gasteiger partial charge >= 0.3 is 0 Å². The number of rotatable bonds is 3. The minimum absolute atomic E-state index is 0.164. The van der Waals surface area contributed by atoms with E-state index in [1.807, 2.05) is 12.1 Å². The summed E-state index contributed by atoms with van der Waals surface area (Å²) >= 11 is 5.92. The zero-order chi connectivity index (χ0) is 13.1. The lowest BCUT2D eigenvalue weighted by atomic mass is 10.2.